The van der Waals surface area contributed by atoms with Gasteiger partial charge in [-0.25, -0.2) is 0 Å². The minimum Gasteiger partial charge on any atom is -0.350 e. The Hall–Kier alpha value is -2.56. The molecule has 2 heterocycles. The molecule has 5 nitrogen and oxygen atoms in total. The highest BCUT2D eigenvalue weighted by atomic mass is 16.1. The van der Waals surface area contributed by atoms with Crippen LogP contribution in [0, 0.1) is 0 Å². The standard InChI is InChI=1S/C18H20N4O/c1-22-11-10-12-14(8-5-9-16(12)22)19-18(23)17-13-6-3-2-4-7-15(13)20-21-17/h5,8-11H,2-4,6-7H2,1H3,(H,19,23)(H,20,21). The first-order valence-corrected chi connectivity index (χ1v) is 8.15. The molecule has 1 amide bonds. The Morgan fingerprint density at radius 3 is 3.00 bits per heavy atom. The fourth-order valence-corrected chi connectivity index (χ4v) is 3.44. The van der Waals surface area contributed by atoms with Crippen molar-refractivity contribution in [1.82, 2.24) is 14.8 Å². The molecular formula is C18H20N4O. The number of benzene rings is 1. The second-order valence-corrected chi connectivity index (χ2v) is 6.21. The van der Waals surface area contributed by atoms with Crippen molar-refractivity contribution in [2.24, 2.45) is 7.05 Å². The van der Waals surface area contributed by atoms with Crippen molar-refractivity contribution in [1.29, 1.82) is 0 Å². The largest absolute Gasteiger partial charge is 0.350 e. The third-order valence-electron chi connectivity index (χ3n) is 4.70. The van der Waals surface area contributed by atoms with Crippen LogP contribution in [0.4, 0.5) is 5.69 Å². The lowest BCUT2D eigenvalue weighted by Crippen LogP contribution is -2.14. The third kappa shape index (κ3) is 2.42. The molecule has 118 valence electrons. The van der Waals surface area contributed by atoms with Crippen LogP contribution in [0.5, 0.6) is 0 Å². The lowest BCUT2D eigenvalue weighted by Gasteiger charge is -2.07. The van der Waals surface area contributed by atoms with Gasteiger partial charge in [-0.1, -0.05) is 12.5 Å². The summed E-state index contributed by atoms with van der Waals surface area (Å²) >= 11 is 0. The van der Waals surface area contributed by atoms with Crippen LogP contribution in [0.25, 0.3) is 10.9 Å². The van der Waals surface area contributed by atoms with Gasteiger partial charge < -0.3 is 9.88 Å². The molecule has 1 aromatic carbocycles. The predicted octanol–water partition coefficient (Wildman–Crippen LogP) is 3.42. The number of nitrogens with zero attached hydrogens (tertiary/aromatic N) is 2. The zero-order chi connectivity index (χ0) is 15.8. The van der Waals surface area contributed by atoms with Crippen LogP contribution >= 0.6 is 0 Å². The average Bonchev–Trinajstić information content (AvgIpc) is 3.05. The first-order chi connectivity index (χ1) is 11.2. The molecule has 0 saturated carbocycles. The van der Waals surface area contributed by atoms with Crippen LogP contribution < -0.4 is 5.32 Å². The number of amides is 1. The maximum absolute atomic E-state index is 12.7. The van der Waals surface area contributed by atoms with Crippen molar-refractivity contribution in [2.45, 2.75) is 32.1 Å². The summed E-state index contributed by atoms with van der Waals surface area (Å²) < 4.78 is 2.05. The Morgan fingerprint density at radius 2 is 2.09 bits per heavy atom. The number of carbonyl (C=O) groups is 1. The molecule has 2 aromatic heterocycles. The Kier molecular flexibility index (Phi) is 3.41. The first-order valence-electron chi connectivity index (χ1n) is 8.15. The fourth-order valence-electron chi connectivity index (χ4n) is 3.44. The highest BCUT2D eigenvalue weighted by Gasteiger charge is 2.21. The zero-order valence-corrected chi connectivity index (χ0v) is 13.2. The lowest BCUT2D eigenvalue weighted by atomic mass is 10.1. The maximum atomic E-state index is 12.7. The topological polar surface area (TPSA) is 62.7 Å². The molecule has 0 spiro atoms. The van der Waals surface area contributed by atoms with Crippen molar-refractivity contribution in [3.05, 3.63) is 47.4 Å². The molecule has 0 saturated heterocycles. The molecule has 23 heavy (non-hydrogen) atoms. The predicted molar refractivity (Wildman–Crippen MR) is 90.7 cm³/mol. The van der Waals surface area contributed by atoms with Crippen LogP contribution in [0.2, 0.25) is 0 Å². The highest BCUT2D eigenvalue weighted by molar-refractivity contribution is 6.08. The van der Waals surface area contributed by atoms with Crippen molar-refractivity contribution < 1.29 is 4.79 Å². The van der Waals surface area contributed by atoms with E-state index in [9.17, 15) is 4.79 Å². The summed E-state index contributed by atoms with van der Waals surface area (Å²) in [5, 5.41) is 11.4. The third-order valence-corrected chi connectivity index (χ3v) is 4.70. The minimum absolute atomic E-state index is 0.124. The van der Waals surface area contributed by atoms with Gasteiger partial charge in [-0.05, 0) is 43.9 Å². The summed E-state index contributed by atoms with van der Waals surface area (Å²) in [5.74, 6) is -0.124. The van der Waals surface area contributed by atoms with Crippen LogP contribution in [-0.2, 0) is 19.9 Å². The monoisotopic (exact) mass is 308 g/mol. The van der Waals surface area contributed by atoms with E-state index in [1.165, 1.54) is 12.8 Å². The number of rotatable bonds is 2. The van der Waals surface area contributed by atoms with E-state index in [-0.39, 0.29) is 5.91 Å². The normalized spacial score (nSPS) is 14.5. The summed E-state index contributed by atoms with van der Waals surface area (Å²) in [4.78, 5) is 12.7. The number of fused-ring (bicyclic) bond motifs is 2. The molecule has 0 atom stereocenters. The highest BCUT2D eigenvalue weighted by Crippen LogP contribution is 2.26. The lowest BCUT2D eigenvalue weighted by molar-refractivity contribution is 0.102. The van der Waals surface area contributed by atoms with Gasteiger partial charge in [0.25, 0.3) is 5.91 Å². The van der Waals surface area contributed by atoms with Gasteiger partial charge in [0.15, 0.2) is 5.69 Å². The minimum atomic E-state index is -0.124. The summed E-state index contributed by atoms with van der Waals surface area (Å²) in [5.41, 5.74) is 4.71. The van der Waals surface area contributed by atoms with E-state index < -0.39 is 0 Å². The number of nitrogens with one attached hydrogen (secondary N) is 2. The van der Waals surface area contributed by atoms with E-state index in [1.807, 2.05) is 42.1 Å². The van der Waals surface area contributed by atoms with Gasteiger partial charge in [0.2, 0.25) is 0 Å². The summed E-state index contributed by atoms with van der Waals surface area (Å²) in [7, 11) is 2.00. The molecule has 0 aliphatic heterocycles. The van der Waals surface area contributed by atoms with Gasteiger partial charge in [-0.15, -0.1) is 0 Å². The second-order valence-electron chi connectivity index (χ2n) is 6.21. The average molecular weight is 308 g/mol. The number of hydrogen-bond acceptors (Lipinski definition) is 2. The number of aromatic nitrogens is 3. The van der Waals surface area contributed by atoms with Gasteiger partial charge in [0, 0.05) is 35.4 Å². The Labute approximate surface area is 134 Å². The van der Waals surface area contributed by atoms with Crippen LogP contribution in [0.1, 0.15) is 41.0 Å². The molecule has 0 radical (unpaired) electrons. The fraction of sp³-hybridized carbons (Fsp3) is 0.333. The van der Waals surface area contributed by atoms with Crippen molar-refractivity contribution >= 4 is 22.5 Å². The molecule has 1 aliphatic rings. The van der Waals surface area contributed by atoms with Crippen molar-refractivity contribution in [3.63, 3.8) is 0 Å². The molecule has 4 rings (SSSR count). The number of anilines is 1. The number of hydrogen-bond donors (Lipinski definition) is 2. The van der Waals surface area contributed by atoms with E-state index in [1.54, 1.807) is 0 Å². The van der Waals surface area contributed by atoms with Crippen LogP contribution in [0.15, 0.2) is 30.5 Å². The summed E-state index contributed by atoms with van der Waals surface area (Å²) in [6, 6.07) is 7.97. The number of aryl methyl sites for hydroxylation is 2. The number of aromatic amines is 1. The first kappa shape index (κ1) is 14.1. The van der Waals surface area contributed by atoms with Crippen LogP contribution in [-0.4, -0.2) is 20.7 Å². The van der Waals surface area contributed by atoms with Crippen molar-refractivity contribution in [2.75, 3.05) is 5.32 Å². The quantitative estimate of drug-likeness (QED) is 0.713. The van der Waals surface area contributed by atoms with Crippen molar-refractivity contribution in [3.8, 4) is 0 Å². The molecule has 1 aliphatic carbocycles. The van der Waals surface area contributed by atoms with Gasteiger partial charge in [0.1, 0.15) is 0 Å². The smallest absolute Gasteiger partial charge is 0.276 e. The molecule has 2 N–H and O–H groups in total. The SMILES string of the molecule is Cn1ccc2c(NC(=O)c3n[nH]c4c3CCCCC4)cccc21. The molecule has 0 unspecified atom stereocenters. The van der Waals surface area contributed by atoms with Gasteiger partial charge >= 0.3 is 0 Å². The van der Waals surface area contributed by atoms with E-state index >= 15 is 0 Å². The van der Waals surface area contributed by atoms with E-state index in [0.717, 1.165) is 47.1 Å². The molecule has 3 aromatic rings. The Bertz CT molecular complexity index is 874. The number of H-pyrrole nitrogens is 1. The summed E-state index contributed by atoms with van der Waals surface area (Å²) in [6.45, 7) is 0. The summed E-state index contributed by atoms with van der Waals surface area (Å²) in [6.07, 6.45) is 7.43. The maximum Gasteiger partial charge on any atom is 0.276 e. The van der Waals surface area contributed by atoms with Crippen LogP contribution in [0.3, 0.4) is 0 Å². The molecular weight excluding hydrogens is 288 g/mol. The Balaban J connectivity index is 1.66. The van der Waals surface area contributed by atoms with Gasteiger partial charge in [-0.3, -0.25) is 9.89 Å². The van der Waals surface area contributed by atoms with E-state index in [0.29, 0.717) is 5.69 Å². The molecule has 0 fully saturated rings. The van der Waals surface area contributed by atoms with E-state index in [2.05, 4.69) is 15.5 Å². The van der Waals surface area contributed by atoms with Gasteiger partial charge in [0.05, 0.1) is 5.69 Å². The zero-order valence-electron chi connectivity index (χ0n) is 13.2. The Morgan fingerprint density at radius 1 is 1.22 bits per heavy atom. The van der Waals surface area contributed by atoms with Gasteiger partial charge in [-0.2, -0.15) is 5.10 Å². The van der Waals surface area contributed by atoms with E-state index in [4.69, 9.17) is 0 Å². The number of carbonyl (C=O) groups excluding carboxylic acids is 1. The second kappa shape index (κ2) is 5.57. The molecule has 5 heteroatoms. The molecule has 0 bridgehead atoms.